The van der Waals surface area contributed by atoms with Crippen LogP contribution in [-0.2, 0) is 4.79 Å². The lowest BCUT2D eigenvalue weighted by molar-refractivity contribution is -0.119. The van der Waals surface area contributed by atoms with E-state index in [1.807, 2.05) is 0 Å². The summed E-state index contributed by atoms with van der Waals surface area (Å²) in [6, 6.07) is -0.158. The molecule has 0 radical (unpaired) electrons. The minimum atomic E-state index is -3.29. The number of pyridine rings is 1. The molecule has 2 heterocycles. The monoisotopic (exact) mass is 434 g/mol. The molecule has 154 valence electrons. The highest BCUT2D eigenvalue weighted by Gasteiger charge is 2.40. The Kier molecular flexibility index (Phi) is 5.60. The van der Waals surface area contributed by atoms with E-state index >= 15 is 0 Å². The van der Waals surface area contributed by atoms with Gasteiger partial charge in [0.1, 0.15) is 34.4 Å². The second-order valence-electron chi connectivity index (χ2n) is 6.13. The van der Waals surface area contributed by atoms with Gasteiger partial charge in [0.2, 0.25) is 5.91 Å². The summed E-state index contributed by atoms with van der Waals surface area (Å²) in [6.45, 7) is -0.365. The third-order valence-electron chi connectivity index (χ3n) is 4.33. The average Bonchev–Trinajstić information content (AvgIpc) is 3.04. The normalized spacial score (nSPS) is 17.6. The Balaban J connectivity index is 2.18. The molecule has 1 aliphatic heterocycles. The fraction of sp³-hybridized carbons (Fsp3) is 0.235. The molecule has 6 nitrogen and oxygen atoms in total. The number of carbonyl (C=O) groups excluding carboxylic acids is 2. The molecule has 0 aliphatic carbocycles. The van der Waals surface area contributed by atoms with Crippen LogP contribution in [0.3, 0.4) is 0 Å². The van der Waals surface area contributed by atoms with E-state index in [2.05, 4.69) is 10.3 Å². The number of aromatic nitrogens is 1. The first kappa shape index (κ1) is 20.8. The van der Waals surface area contributed by atoms with Crippen LogP contribution in [0.1, 0.15) is 29.4 Å². The molecular formula is C17H12ClF5N4O2. The van der Waals surface area contributed by atoms with E-state index in [0.717, 1.165) is 23.1 Å². The van der Waals surface area contributed by atoms with E-state index in [1.54, 1.807) is 0 Å². The number of amides is 3. The molecule has 2 atom stereocenters. The first-order valence-corrected chi connectivity index (χ1v) is 8.44. The number of nitrogens with two attached hydrogens (primary N) is 1. The Morgan fingerprint density at radius 3 is 2.45 bits per heavy atom. The van der Waals surface area contributed by atoms with Gasteiger partial charge in [-0.25, -0.2) is 31.7 Å². The number of primary amides is 1. The fourth-order valence-electron chi connectivity index (χ4n) is 2.96. The van der Waals surface area contributed by atoms with Crippen molar-refractivity contribution in [2.24, 2.45) is 5.73 Å². The molecule has 3 N–H and O–H groups in total. The lowest BCUT2D eigenvalue weighted by Gasteiger charge is -2.28. The SMILES string of the molecule is NC(=O)C1CN([C@@H](c2ccc(F)c(C(F)F)n2)c2ccc(F)c(Cl)c2F)C(=O)N1. The summed E-state index contributed by atoms with van der Waals surface area (Å²) in [4.78, 5) is 28.2. The summed E-state index contributed by atoms with van der Waals surface area (Å²) in [6.07, 6.45) is -3.29. The summed E-state index contributed by atoms with van der Waals surface area (Å²) in [5, 5.41) is 1.36. The fourth-order valence-corrected chi connectivity index (χ4v) is 3.13. The molecule has 12 heteroatoms. The Bertz CT molecular complexity index is 991. The molecule has 29 heavy (non-hydrogen) atoms. The number of urea groups is 1. The topological polar surface area (TPSA) is 88.3 Å². The highest BCUT2D eigenvalue weighted by atomic mass is 35.5. The highest BCUT2D eigenvalue weighted by molar-refractivity contribution is 6.31. The Morgan fingerprint density at radius 2 is 1.86 bits per heavy atom. The molecule has 3 amide bonds. The number of nitrogens with zero attached hydrogens (tertiary/aromatic N) is 2. The maximum absolute atomic E-state index is 14.7. The summed E-state index contributed by atoms with van der Waals surface area (Å²) < 4.78 is 68.1. The van der Waals surface area contributed by atoms with Gasteiger partial charge in [-0.05, 0) is 18.2 Å². The number of rotatable bonds is 5. The second kappa shape index (κ2) is 7.82. The van der Waals surface area contributed by atoms with Crippen LogP contribution >= 0.6 is 11.6 Å². The predicted molar refractivity (Wildman–Crippen MR) is 90.6 cm³/mol. The van der Waals surface area contributed by atoms with Crippen LogP contribution in [0.4, 0.5) is 26.7 Å². The Labute approximate surface area is 165 Å². The predicted octanol–water partition coefficient (Wildman–Crippen LogP) is 3.06. The van der Waals surface area contributed by atoms with Gasteiger partial charge in [0.15, 0.2) is 5.82 Å². The number of hydrogen-bond acceptors (Lipinski definition) is 3. The standard InChI is InChI=1S/C17H12ClF5N4O2/c18-11-7(19)2-1-6(12(11)21)14(27-5-10(16(24)28)26-17(27)29)9-4-3-8(20)13(25-9)15(22)23/h1-4,10,14-15H,5H2,(H2,24,28)(H,26,29)/t10?,14-/m1/s1. The second-order valence-corrected chi connectivity index (χ2v) is 6.51. The van der Waals surface area contributed by atoms with Crippen molar-refractivity contribution in [3.05, 3.63) is 63.7 Å². The van der Waals surface area contributed by atoms with E-state index in [0.29, 0.717) is 6.07 Å². The van der Waals surface area contributed by atoms with Gasteiger partial charge >= 0.3 is 6.03 Å². The van der Waals surface area contributed by atoms with Crippen LogP contribution in [-0.4, -0.2) is 34.4 Å². The number of benzene rings is 1. The maximum atomic E-state index is 14.7. The van der Waals surface area contributed by atoms with Gasteiger partial charge in [0, 0.05) is 5.56 Å². The van der Waals surface area contributed by atoms with Crippen LogP contribution in [0.5, 0.6) is 0 Å². The number of hydrogen-bond donors (Lipinski definition) is 2. The zero-order chi connectivity index (χ0) is 21.5. The quantitative estimate of drug-likeness (QED) is 0.560. The van der Waals surface area contributed by atoms with Gasteiger partial charge in [0.05, 0.1) is 12.2 Å². The van der Waals surface area contributed by atoms with Crippen LogP contribution in [0.2, 0.25) is 5.02 Å². The molecule has 3 rings (SSSR count). The van der Waals surface area contributed by atoms with Crippen LogP contribution in [0.15, 0.2) is 24.3 Å². The minimum Gasteiger partial charge on any atom is -0.368 e. The van der Waals surface area contributed by atoms with Gasteiger partial charge in [-0.3, -0.25) is 4.79 Å². The van der Waals surface area contributed by atoms with Crippen molar-refractivity contribution < 1.29 is 31.5 Å². The molecule has 2 aromatic rings. The molecule has 0 spiro atoms. The molecule has 0 saturated carbocycles. The third-order valence-corrected chi connectivity index (χ3v) is 4.68. The van der Waals surface area contributed by atoms with E-state index in [1.165, 1.54) is 0 Å². The molecule has 1 aliphatic rings. The van der Waals surface area contributed by atoms with Crippen molar-refractivity contribution in [2.45, 2.75) is 18.5 Å². The molecule has 0 bridgehead atoms. The summed E-state index contributed by atoms with van der Waals surface area (Å²) in [5.74, 6) is -4.55. The van der Waals surface area contributed by atoms with Gasteiger partial charge in [-0.2, -0.15) is 0 Å². The van der Waals surface area contributed by atoms with Crippen molar-refractivity contribution >= 4 is 23.5 Å². The summed E-state index contributed by atoms with van der Waals surface area (Å²) in [5.41, 5.74) is 3.22. The molecule has 1 aromatic heterocycles. The van der Waals surface area contributed by atoms with Gasteiger partial charge in [0.25, 0.3) is 6.43 Å². The maximum Gasteiger partial charge on any atom is 0.319 e. The Hall–Kier alpha value is -2.95. The molecular weight excluding hydrogens is 423 g/mol. The zero-order valence-electron chi connectivity index (χ0n) is 14.3. The van der Waals surface area contributed by atoms with Crippen LogP contribution < -0.4 is 11.1 Å². The summed E-state index contributed by atoms with van der Waals surface area (Å²) in [7, 11) is 0. The first-order chi connectivity index (χ1) is 13.6. The van der Waals surface area contributed by atoms with E-state index < -0.39 is 64.2 Å². The van der Waals surface area contributed by atoms with Crippen molar-refractivity contribution in [3.8, 4) is 0 Å². The van der Waals surface area contributed by atoms with E-state index in [4.69, 9.17) is 17.3 Å². The van der Waals surface area contributed by atoms with Crippen molar-refractivity contribution in [3.63, 3.8) is 0 Å². The minimum absolute atomic E-state index is 0.344. The number of nitrogens with one attached hydrogen (secondary N) is 1. The zero-order valence-corrected chi connectivity index (χ0v) is 15.1. The summed E-state index contributed by atoms with van der Waals surface area (Å²) >= 11 is 5.60. The van der Waals surface area contributed by atoms with Gasteiger partial charge in [-0.15, -0.1) is 0 Å². The van der Waals surface area contributed by atoms with Gasteiger partial charge in [-0.1, -0.05) is 17.7 Å². The lowest BCUT2D eigenvalue weighted by atomic mass is 10.00. The molecule has 1 unspecified atom stereocenters. The third kappa shape index (κ3) is 3.82. The van der Waals surface area contributed by atoms with Gasteiger partial charge < -0.3 is 16.0 Å². The first-order valence-electron chi connectivity index (χ1n) is 8.06. The van der Waals surface area contributed by atoms with Crippen LogP contribution in [0.25, 0.3) is 0 Å². The van der Waals surface area contributed by atoms with Crippen molar-refractivity contribution in [1.82, 2.24) is 15.2 Å². The number of alkyl halides is 2. The largest absolute Gasteiger partial charge is 0.368 e. The Morgan fingerprint density at radius 1 is 1.21 bits per heavy atom. The van der Waals surface area contributed by atoms with Crippen LogP contribution in [0, 0.1) is 17.5 Å². The number of carbonyl (C=O) groups is 2. The number of halogens is 6. The lowest BCUT2D eigenvalue weighted by Crippen LogP contribution is -2.39. The van der Waals surface area contributed by atoms with E-state index in [-0.39, 0.29) is 12.2 Å². The van der Waals surface area contributed by atoms with E-state index in [9.17, 15) is 31.5 Å². The molecule has 1 fully saturated rings. The smallest absolute Gasteiger partial charge is 0.319 e. The molecule has 1 saturated heterocycles. The van der Waals surface area contributed by atoms with Crippen molar-refractivity contribution in [1.29, 1.82) is 0 Å². The van der Waals surface area contributed by atoms with Crippen molar-refractivity contribution in [2.75, 3.05) is 6.54 Å². The molecule has 1 aromatic carbocycles. The average molecular weight is 435 g/mol. The highest BCUT2D eigenvalue weighted by Crippen LogP contribution is 2.35.